The first-order valence-corrected chi connectivity index (χ1v) is 5.24. The van der Waals surface area contributed by atoms with E-state index in [-0.39, 0.29) is 0 Å². The Bertz CT molecular complexity index is 448. The van der Waals surface area contributed by atoms with Crippen molar-refractivity contribution >= 4 is 5.88 Å². The predicted molar refractivity (Wildman–Crippen MR) is 62.1 cm³/mol. The molecule has 1 aromatic carbocycles. The zero-order valence-electron chi connectivity index (χ0n) is 9.14. The molecule has 4 heteroatoms. The lowest BCUT2D eigenvalue weighted by molar-refractivity contribution is 0.317. The van der Waals surface area contributed by atoms with Crippen LogP contribution >= 0.6 is 0 Å². The van der Waals surface area contributed by atoms with Gasteiger partial charge in [0.05, 0.1) is 18.4 Å². The van der Waals surface area contributed by atoms with Crippen molar-refractivity contribution in [1.82, 2.24) is 5.16 Å². The van der Waals surface area contributed by atoms with Crippen LogP contribution in [0, 0.1) is 0 Å². The van der Waals surface area contributed by atoms with E-state index >= 15 is 0 Å². The third-order valence-corrected chi connectivity index (χ3v) is 2.24. The van der Waals surface area contributed by atoms with Crippen LogP contribution in [0.2, 0.25) is 0 Å². The highest BCUT2D eigenvalue weighted by Crippen LogP contribution is 2.26. The zero-order chi connectivity index (χ0) is 11.4. The monoisotopic (exact) mass is 218 g/mol. The van der Waals surface area contributed by atoms with Gasteiger partial charge in [0.15, 0.2) is 0 Å². The van der Waals surface area contributed by atoms with Crippen molar-refractivity contribution < 1.29 is 9.26 Å². The highest BCUT2D eigenvalue weighted by atomic mass is 16.5. The van der Waals surface area contributed by atoms with Crippen LogP contribution in [0.4, 0.5) is 5.88 Å². The molecule has 0 aliphatic carbocycles. The van der Waals surface area contributed by atoms with E-state index in [1.165, 1.54) is 0 Å². The SMILES string of the molecule is CCCOc1ccc(-c2cnoc2N)cc1. The summed E-state index contributed by atoms with van der Waals surface area (Å²) >= 11 is 0. The van der Waals surface area contributed by atoms with Crippen molar-refractivity contribution in [2.75, 3.05) is 12.3 Å². The number of anilines is 1. The molecule has 0 saturated carbocycles. The first-order chi connectivity index (χ1) is 7.81. The molecular weight excluding hydrogens is 204 g/mol. The Kier molecular flexibility index (Phi) is 3.10. The van der Waals surface area contributed by atoms with Crippen molar-refractivity contribution in [1.29, 1.82) is 0 Å². The summed E-state index contributed by atoms with van der Waals surface area (Å²) in [6.45, 7) is 2.81. The van der Waals surface area contributed by atoms with E-state index in [0.29, 0.717) is 5.88 Å². The van der Waals surface area contributed by atoms with Gasteiger partial charge in [-0.25, -0.2) is 0 Å². The largest absolute Gasteiger partial charge is 0.494 e. The minimum atomic E-state index is 0.335. The Morgan fingerprint density at radius 1 is 1.31 bits per heavy atom. The van der Waals surface area contributed by atoms with Crippen LogP contribution in [0.5, 0.6) is 5.75 Å². The van der Waals surface area contributed by atoms with Gasteiger partial charge >= 0.3 is 0 Å². The molecule has 0 bridgehead atoms. The lowest BCUT2D eigenvalue weighted by Crippen LogP contribution is -1.94. The molecule has 0 saturated heterocycles. The third kappa shape index (κ3) is 2.16. The Labute approximate surface area is 94.0 Å². The Morgan fingerprint density at radius 2 is 2.06 bits per heavy atom. The van der Waals surface area contributed by atoms with E-state index in [2.05, 4.69) is 12.1 Å². The fourth-order valence-electron chi connectivity index (χ4n) is 1.42. The lowest BCUT2D eigenvalue weighted by Gasteiger charge is -2.04. The van der Waals surface area contributed by atoms with Crippen LogP contribution in [0.3, 0.4) is 0 Å². The van der Waals surface area contributed by atoms with Crippen LogP contribution in [-0.4, -0.2) is 11.8 Å². The topological polar surface area (TPSA) is 61.3 Å². The molecule has 0 spiro atoms. The summed E-state index contributed by atoms with van der Waals surface area (Å²) in [7, 11) is 0. The second-order valence-electron chi connectivity index (χ2n) is 3.48. The smallest absolute Gasteiger partial charge is 0.229 e. The van der Waals surface area contributed by atoms with E-state index in [9.17, 15) is 0 Å². The third-order valence-electron chi connectivity index (χ3n) is 2.24. The lowest BCUT2D eigenvalue weighted by atomic mass is 10.1. The zero-order valence-corrected chi connectivity index (χ0v) is 9.14. The van der Waals surface area contributed by atoms with Crippen LogP contribution in [0.15, 0.2) is 35.0 Å². The average molecular weight is 218 g/mol. The van der Waals surface area contributed by atoms with Gasteiger partial charge in [0, 0.05) is 0 Å². The normalized spacial score (nSPS) is 10.3. The molecule has 0 aliphatic heterocycles. The maximum Gasteiger partial charge on any atom is 0.229 e. The summed E-state index contributed by atoms with van der Waals surface area (Å²) in [6, 6.07) is 7.70. The standard InChI is InChI=1S/C12H14N2O2/c1-2-7-15-10-5-3-9(4-6-10)11-8-14-16-12(11)13/h3-6,8H,2,7,13H2,1H3. The molecule has 2 aromatic rings. The van der Waals surface area contributed by atoms with Crippen LogP contribution in [-0.2, 0) is 0 Å². The number of hydrogen-bond acceptors (Lipinski definition) is 4. The van der Waals surface area contributed by atoms with Crippen molar-refractivity contribution in [2.45, 2.75) is 13.3 Å². The number of nitrogens with two attached hydrogens (primary N) is 1. The number of hydrogen-bond donors (Lipinski definition) is 1. The maximum absolute atomic E-state index is 5.63. The Morgan fingerprint density at radius 3 is 2.62 bits per heavy atom. The van der Waals surface area contributed by atoms with Gasteiger partial charge in [-0.3, -0.25) is 0 Å². The van der Waals surface area contributed by atoms with Crippen LogP contribution < -0.4 is 10.5 Å². The van der Waals surface area contributed by atoms with E-state index in [4.69, 9.17) is 15.0 Å². The molecule has 0 radical (unpaired) electrons. The molecule has 4 nitrogen and oxygen atoms in total. The van der Waals surface area contributed by atoms with Gasteiger partial charge in [0.2, 0.25) is 5.88 Å². The fraction of sp³-hybridized carbons (Fsp3) is 0.250. The van der Waals surface area contributed by atoms with Crippen molar-refractivity contribution in [3.63, 3.8) is 0 Å². The second-order valence-corrected chi connectivity index (χ2v) is 3.48. The molecule has 0 amide bonds. The molecular formula is C12H14N2O2. The average Bonchev–Trinajstić information content (AvgIpc) is 2.74. The highest BCUT2D eigenvalue weighted by Gasteiger charge is 2.06. The van der Waals surface area contributed by atoms with E-state index in [1.807, 2.05) is 24.3 Å². The molecule has 0 atom stereocenters. The molecule has 1 aromatic heterocycles. The summed E-state index contributed by atoms with van der Waals surface area (Å²) in [5, 5.41) is 3.64. The highest BCUT2D eigenvalue weighted by molar-refractivity contribution is 5.72. The molecule has 2 rings (SSSR count). The Hall–Kier alpha value is -1.97. The number of aromatic nitrogens is 1. The minimum absolute atomic E-state index is 0.335. The number of ether oxygens (including phenoxy) is 1. The number of nitrogens with zero attached hydrogens (tertiary/aromatic N) is 1. The molecule has 16 heavy (non-hydrogen) atoms. The predicted octanol–water partition coefficient (Wildman–Crippen LogP) is 2.71. The van der Waals surface area contributed by atoms with Gasteiger partial charge < -0.3 is 15.0 Å². The first kappa shape index (κ1) is 10.5. The van der Waals surface area contributed by atoms with Gasteiger partial charge in [0.1, 0.15) is 5.75 Å². The summed E-state index contributed by atoms with van der Waals surface area (Å²) in [6.07, 6.45) is 2.61. The molecule has 0 unspecified atom stereocenters. The van der Waals surface area contributed by atoms with E-state index in [0.717, 1.165) is 29.9 Å². The van der Waals surface area contributed by atoms with Crippen LogP contribution in [0.25, 0.3) is 11.1 Å². The molecule has 2 N–H and O–H groups in total. The quantitative estimate of drug-likeness (QED) is 0.857. The summed E-state index contributed by atoms with van der Waals surface area (Å²) in [5.41, 5.74) is 7.41. The second kappa shape index (κ2) is 4.70. The Balaban J connectivity index is 2.16. The maximum atomic E-state index is 5.63. The minimum Gasteiger partial charge on any atom is -0.494 e. The van der Waals surface area contributed by atoms with Crippen molar-refractivity contribution in [3.8, 4) is 16.9 Å². The van der Waals surface area contributed by atoms with Crippen molar-refractivity contribution in [3.05, 3.63) is 30.5 Å². The number of nitrogen functional groups attached to an aromatic ring is 1. The van der Waals surface area contributed by atoms with Gasteiger partial charge in [-0.15, -0.1) is 0 Å². The van der Waals surface area contributed by atoms with Gasteiger partial charge in [-0.1, -0.05) is 24.2 Å². The molecule has 1 heterocycles. The first-order valence-electron chi connectivity index (χ1n) is 5.24. The molecule has 84 valence electrons. The van der Waals surface area contributed by atoms with Gasteiger partial charge in [0.25, 0.3) is 0 Å². The molecule has 0 aliphatic rings. The summed E-state index contributed by atoms with van der Waals surface area (Å²) in [5.74, 6) is 1.20. The summed E-state index contributed by atoms with van der Waals surface area (Å²) in [4.78, 5) is 0. The van der Waals surface area contributed by atoms with Crippen LogP contribution in [0.1, 0.15) is 13.3 Å². The number of benzene rings is 1. The summed E-state index contributed by atoms with van der Waals surface area (Å²) < 4.78 is 10.3. The van der Waals surface area contributed by atoms with Crippen molar-refractivity contribution in [2.24, 2.45) is 0 Å². The van der Waals surface area contributed by atoms with E-state index in [1.54, 1.807) is 6.20 Å². The van der Waals surface area contributed by atoms with Gasteiger partial charge in [-0.2, -0.15) is 0 Å². The van der Waals surface area contributed by atoms with E-state index < -0.39 is 0 Å². The van der Waals surface area contributed by atoms with Gasteiger partial charge in [-0.05, 0) is 24.1 Å². The number of rotatable bonds is 4. The fourth-order valence-corrected chi connectivity index (χ4v) is 1.42. The molecule has 0 fully saturated rings.